The Morgan fingerprint density at radius 1 is 0.966 bits per heavy atom. The van der Waals surface area contributed by atoms with Crippen molar-refractivity contribution in [2.75, 3.05) is 30.4 Å². The van der Waals surface area contributed by atoms with Crippen LogP contribution in [-0.2, 0) is 0 Å². The van der Waals surface area contributed by atoms with Gasteiger partial charge in [-0.3, -0.25) is 4.79 Å². The lowest BCUT2D eigenvalue weighted by molar-refractivity contribution is 0.102. The normalized spacial score (nSPS) is 10.6. The molecule has 0 aliphatic rings. The Bertz CT molecular complexity index is 1070. The standard InChI is InChI=1S/C22H24N2O5/c1-4-23-19-15-9-7-8-10-16(15)29-22(26)20(19)24-21(25)14-11-12-17(27-5-2)18(13-14)28-6-3/h7-13,23H,4-6H2,1-3H3,(H,24,25). The molecule has 3 aromatic rings. The zero-order chi connectivity index (χ0) is 20.8. The minimum absolute atomic E-state index is 0.0717. The van der Waals surface area contributed by atoms with Gasteiger partial charge in [0.05, 0.1) is 18.9 Å². The van der Waals surface area contributed by atoms with Crippen LogP contribution >= 0.6 is 0 Å². The fraction of sp³-hybridized carbons (Fsp3) is 0.273. The zero-order valence-electron chi connectivity index (χ0n) is 16.7. The maximum Gasteiger partial charge on any atom is 0.362 e. The number of para-hydroxylation sites is 1. The molecule has 1 aromatic heterocycles. The minimum atomic E-state index is -0.621. The topological polar surface area (TPSA) is 89.8 Å². The molecule has 1 heterocycles. The van der Waals surface area contributed by atoms with E-state index in [1.54, 1.807) is 30.3 Å². The van der Waals surface area contributed by atoms with Crippen LogP contribution in [-0.4, -0.2) is 25.7 Å². The van der Waals surface area contributed by atoms with Crippen LogP contribution in [0.2, 0.25) is 0 Å². The van der Waals surface area contributed by atoms with E-state index in [4.69, 9.17) is 13.9 Å². The van der Waals surface area contributed by atoms with Gasteiger partial charge in [0.1, 0.15) is 5.58 Å². The lowest BCUT2D eigenvalue weighted by atomic mass is 10.1. The van der Waals surface area contributed by atoms with Crippen molar-refractivity contribution < 1.29 is 18.7 Å². The van der Waals surface area contributed by atoms with Crippen LogP contribution in [0.1, 0.15) is 31.1 Å². The lowest BCUT2D eigenvalue weighted by Crippen LogP contribution is -2.20. The van der Waals surface area contributed by atoms with E-state index in [9.17, 15) is 9.59 Å². The fourth-order valence-electron chi connectivity index (χ4n) is 3.00. The summed E-state index contributed by atoms with van der Waals surface area (Å²) in [6.07, 6.45) is 0. The summed E-state index contributed by atoms with van der Waals surface area (Å²) in [7, 11) is 0. The summed E-state index contributed by atoms with van der Waals surface area (Å²) in [6, 6.07) is 12.1. The Labute approximate surface area is 168 Å². The maximum absolute atomic E-state index is 12.9. The third-order valence-corrected chi connectivity index (χ3v) is 4.21. The second-order valence-corrected chi connectivity index (χ2v) is 6.15. The predicted molar refractivity (Wildman–Crippen MR) is 113 cm³/mol. The number of hydrogen-bond acceptors (Lipinski definition) is 6. The molecular formula is C22H24N2O5. The van der Waals surface area contributed by atoms with E-state index >= 15 is 0 Å². The van der Waals surface area contributed by atoms with Gasteiger partial charge in [-0.2, -0.15) is 0 Å². The Hall–Kier alpha value is -3.48. The summed E-state index contributed by atoms with van der Waals surface area (Å²) < 4.78 is 16.5. The van der Waals surface area contributed by atoms with Gasteiger partial charge in [-0.15, -0.1) is 0 Å². The number of anilines is 2. The van der Waals surface area contributed by atoms with Crippen molar-refractivity contribution in [3.8, 4) is 11.5 Å². The van der Waals surface area contributed by atoms with Crippen molar-refractivity contribution in [3.05, 3.63) is 58.4 Å². The van der Waals surface area contributed by atoms with E-state index in [1.807, 2.05) is 32.9 Å². The van der Waals surface area contributed by atoms with Gasteiger partial charge in [-0.1, -0.05) is 12.1 Å². The summed E-state index contributed by atoms with van der Waals surface area (Å²) in [5.74, 6) is 0.583. The van der Waals surface area contributed by atoms with E-state index < -0.39 is 11.5 Å². The van der Waals surface area contributed by atoms with Gasteiger partial charge in [-0.25, -0.2) is 4.79 Å². The van der Waals surface area contributed by atoms with Crippen LogP contribution in [0.3, 0.4) is 0 Å². The quantitative estimate of drug-likeness (QED) is 0.553. The van der Waals surface area contributed by atoms with E-state index in [2.05, 4.69) is 10.6 Å². The number of amides is 1. The summed E-state index contributed by atoms with van der Waals surface area (Å²) in [6.45, 7) is 7.13. The van der Waals surface area contributed by atoms with Gasteiger partial charge in [0.15, 0.2) is 17.2 Å². The molecule has 1 amide bonds. The minimum Gasteiger partial charge on any atom is -0.490 e. The van der Waals surface area contributed by atoms with Gasteiger partial charge >= 0.3 is 5.63 Å². The predicted octanol–water partition coefficient (Wildman–Crippen LogP) is 4.27. The van der Waals surface area contributed by atoms with Crippen LogP contribution < -0.4 is 25.7 Å². The molecule has 0 bridgehead atoms. The van der Waals surface area contributed by atoms with Crippen molar-refractivity contribution >= 4 is 28.3 Å². The van der Waals surface area contributed by atoms with Gasteiger partial charge in [0, 0.05) is 17.5 Å². The third-order valence-electron chi connectivity index (χ3n) is 4.21. The van der Waals surface area contributed by atoms with Crippen molar-refractivity contribution in [3.63, 3.8) is 0 Å². The van der Waals surface area contributed by atoms with Gasteiger partial charge < -0.3 is 24.5 Å². The number of carbonyl (C=O) groups is 1. The number of benzene rings is 2. The summed E-state index contributed by atoms with van der Waals surface area (Å²) >= 11 is 0. The highest BCUT2D eigenvalue weighted by Gasteiger charge is 2.18. The highest BCUT2D eigenvalue weighted by molar-refractivity contribution is 6.08. The summed E-state index contributed by atoms with van der Waals surface area (Å²) in [5, 5.41) is 6.56. The highest BCUT2D eigenvalue weighted by atomic mass is 16.5. The van der Waals surface area contributed by atoms with Crippen LogP contribution in [0, 0.1) is 0 Å². The molecular weight excluding hydrogens is 372 g/mol. The molecule has 0 fully saturated rings. The first kappa shape index (κ1) is 20.3. The van der Waals surface area contributed by atoms with Crippen molar-refractivity contribution in [2.24, 2.45) is 0 Å². The lowest BCUT2D eigenvalue weighted by Gasteiger charge is -2.15. The second-order valence-electron chi connectivity index (χ2n) is 6.15. The Morgan fingerprint density at radius 3 is 2.41 bits per heavy atom. The van der Waals surface area contributed by atoms with Crippen molar-refractivity contribution in [2.45, 2.75) is 20.8 Å². The Kier molecular flexibility index (Phi) is 6.39. The average Bonchev–Trinajstić information content (AvgIpc) is 2.72. The maximum atomic E-state index is 12.9. The van der Waals surface area contributed by atoms with Crippen molar-refractivity contribution in [1.29, 1.82) is 0 Å². The van der Waals surface area contributed by atoms with Gasteiger partial charge in [-0.05, 0) is 51.1 Å². The summed E-state index contributed by atoms with van der Waals surface area (Å²) in [5.41, 5.74) is 0.771. The average molecular weight is 396 g/mol. The highest BCUT2D eigenvalue weighted by Crippen LogP contribution is 2.31. The molecule has 7 heteroatoms. The first-order valence-electron chi connectivity index (χ1n) is 9.59. The van der Waals surface area contributed by atoms with Gasteiger partial charge in [0.25, 0.3) is 5.91 Å². The third kappa shape index (κ3) is 4.34. The molecule has 0 radical (unpaired) electrons. The van der Waals surface area contributed by atoms with Crippen LogP contribution in [0.25, 0.3) is 11.0 Å². The fourth-order valence-corrected chi connectivity index (χ4v) is 3.00. The largest absolute Gasteiger partial charge is 0.490 e. The van der Waals surface area contributed by atoms with E-state index in [0.717, 1.165) is 0 Å². The molecule has 2 N–H and O–H groups in total. The van der Waals surface area contributed by atoms with E-state index in [0.29, 0.717) is 53.5 Å². The molecule has 29 heavy (non-hydrogen) atoms. The van der Waals surface area contributed by atoms with Gasteiger partial charge in [0.2, 0.25) is 0 Å². The summed E-state index contributed by atoms with van der Waals surface area (Å²) in [4.78, 5) is 25.4. The smallest absolute Gasteiger partial charge is 0.362 e. The van der Waals surface area contributed by atoms with Crippen LogP contribution in [0.5, 0.6) is 11.5 Å². The molecule has 7 nitrogen and oxygen atoms in total. The molecule has 3 rings (SSSR count). The van der Waals surface area contributed by atoms with Crippen LogP contribution in [0.4, 0.5) is 11.4 Å². The Balaban J connectivity index is 1.99. The molecule has 0 saturated heterocycles. The van der Waals surface area contributed by atoms with Crippen molar-refractivity contribution in [1.82, 2.24) is 0 Å². The first-order chi connectivity index (χ1) is 14.1. The zero-order valence-corrected chi connectivity index (χ0v) is 16.7. The number of nitrogens with one attached hydrogen (secondary N) is 2. The van der Waals surface area contributed by atoms with E-state index in [-0.39, 0.29) is 5.69 Å². The molecule has 0 aliphatic heterocycles. The number of ether oxygens (including phenoxy) is 2. The molecule has 0 spiro atoms. The van der Waals surface area contributed by atoms with E-state index in [1.165, 1.54) is 0 Å². The number of fused-ring (bicyclic) bond motifs is 1. The number of rotatable bonds is 8. The second kappa shape index (κ2) is 9.14. The molecule has 0 saturated carbocycles. The monoisotopic (exact) mass is 396 g/mol. The molecule has 2 aromatic carbocycles. The Morgan fingerprint density at radius 2 is 1.69 bits per heavy atom. The molecule has 0 atom stereocenters. The first-order valence-corrected chi connectivity index (χ1v) is 9.59. The molecule has 152 valence electrons. The SMILES string of the molecule is CCNc1c(NC(=O)c2ccc(OCC)c(OCC)c2)c(=O)oc2ccccc12. The van der Waals surface area contributed by atoms with Crippen LogP contribution in [0.15, 0.2) is 51.7 Å². The number of hydrogen-bond donors (Lipinski definition) is 2. The molecule has 0 aliphatic carbocycles. The number of carbonyl (C=O) groups excluding carboxylic acids is 1. The molecule has 0 unspecified atom stereocenters.